The fraction of sp³-hybridized carbons (Fsp3) is 0.0714. The second kappa shape index (κ2) is 6.50. The van der Waals surface area contributed by atoms with Crippen LogP contribution in [0.3, 0.4) is 0 Å². The number of halogens is 2. The number of benzene rings is 1. The third kappa shape index (κ3) is 3.56. The molecule has 0 saturated carbocycles. The van der Waals surface area contributed by atoms with Crippen molar-refractivity contribution in [3.05, 3.63) is 63.9 Å². The molecule has 1 aromatic heterocycles. The number of carbonyl (C=O) groups excluding carboxylic acids is 1. The van der Waals surface area contributed by atoms with Crippen molar-refractivity contribution < 1.29 is 4.79 Å². The van der Waals surface area contributed by atoms with Gasteiger partial charge in [-0.3, -0.25) is 9.78 Å². The molecule has 2 aromatic rings. The Labute approximate surface area is 126 Å². The zero-order chi connectivity index (χ0) is 14.5. The molecule has 20 heavy (non-hydrogen) atoms. The summed E-state index contributed by atoms with van der Waals surface area (Å²) in [6.45, 7) is 1.78. The van der Waals surface area contributed by atoms with E-state index in [0.717, 1.165) is 5.56 Å². The maximum atomic E-state index is 11.9. The van der Waals surface area contributed by atoms with Gasteiger partial charge in [0.05, 0.1) is 15.8 Å². The van der Waals surface area contributed by atoms with Gasteiger partial charge in [0, 0.05) is 23.5 Å². The number of pyridine rings is 1. The Morgan fingerprint density at radius 1 is 1.20 bits per heavy atom. The lowest BCUT2D eigenvalue weighted by atomic mass is 10.2. The van der Waals surface area contributed by atoms with Gasteiger partial charge in [0.2, 0.25) is 0 Å². The normalized spacial score (nSPS) is 11.2. The molecule has 1 heterocycles. The molecule has 0 aliphatic rings. The number of hydrazone groups is 1. The molecular formula is C14H11Cl2N3O. The van der Waals surface area contributed by atoms with Crippen molar-refractivity contribution in [1.29, 1.82) is 0 Å². The van der Waals surface area contributed by atoms with E-state index in [1.165, 1.54) is 6.07 Å². The Kier molecular flexibility index (Phi) is 4.71. The van der Waals surface area contributed by atoms with E-state index in [4.69, 9.17) is 23.2 Å². The fourth-order valence-corrected chi connectivity index (χ4v) is 1.78. The smallest absolute Gasteiger partial charge is 0.267 e. The zero-order valence-corrected chi connectivity index (χ0v) is 12.1. The van der Waals surface area contributed by atoms with Crippen LogP contribution in [-0.4, -0.2) is 16.6 Å². The van der Waals surface area contributed by atoms with Crippen LogP contribution >= 0.6 is 23.2 Å². The maximum absolute atomic E-state index is 11.9. The molecule has 0 saturated heterocycles. The summed E-state index contributed by atoms with van der Waals surface area (Å²) in [4.78, 5) is 15.9. The highest BCUT2D eigenvalue weighted by atomic mass is 35.5. The molecule has 1 N–H and O–H groups in total. The lowest BCUT2D eigenvalue weighted by Crippen LogP contribution is -2.19. The van der Waals surface area contributed by atoms with Crippen molar-refractivity contribution in [3.8, 4) is 0 Å². The molecule has 0 aliphatic carbocycles. The molecule has 1 aromatic carbocycles. The molecule has 0 spiro atoms. The minimum absolute atomic E-state index is 0.326. The fourth-order valence-electron chi connectivity index (χ4n) is 1.48. The molecule has 0 fully saturated rings. The third-order valence-corrected chi connectivity index (χ3v) is 3.33. The zero-order valence-electron chi connectivity index (χ0n) is 10.6. The SMILES string of the molecule is C/C(=N\NC(=O)c1ccc(Cl)c(Cl)c1)c1cccnc1. The second-order valence-corrected chi connectivity index (χ2v) is 4.82. The topological polar surface area (TPSA) is 54.4 Å². The van der Waals surface area contributed by atoms with Crippen LogP contribution in [0, 0.1) is 0 Å². The van der Waals surface area contributed by atoms with Gasteiger partial charge in [-0.1, -0.05) is 29.3 Å². The predicted octanol–water partition coefficient (Wildman–Crippen LogP) is 3.54. The van der Waals surface area contributed by atoms with Gasteiger partial charge in [-0.05, 0) is 31.2 Å². The highest BCUT2D eigenvalue weighted by molar-refractivity contribution is 6.42. The number of rotatable bonds is 3. The maximum Gasteiger partial charge on any atom is 0.271 e. The molecule has 6 heteroatoms. The summed E-state index contributed by atoms with van der Waals surface area (Å²) in [6, 6.07) is 8.30. The number of amides is 1. The Morgan fingerprint density at radius 2 is 2.00 bits per heavy atom. The van der Waals surface area contributed by atoms with Crippen LogP contribution in [0.4, 0.5) is 0 Å². The monoisotopic (exact) mass is 307 g/mol. The largest absolute Gasteiger partial charge is 0.271 e. The van der Waals surface area contributed by atoms with E-state index in [2.05, 4.69) is 15.5 Å². The summed E-state index contributed by atoms with van der Waals surface area (Å²) < 4.78 is 0. The van der Waals surface area contributed by atoms with Crippen molar-refractivity contribution in [3.63, 3.8) is 0 Å². The summed E-state index contributed by atoms with van der Waals surface area (Å²) in [6.07, 6.45) is 3.34. The number of aromatic nitrogens is 1. The minimum Gasteiger partial charge on any atom is -0.267 e. The van der Waals surface area contributed by atoms with Gasteiger partial charge < -0.3 is 0 Å². The average molecular weight is 308 g/mol. The third-order valence-electron chi connectivity index (χ3n) is 2.59. The molecule has 102 valence electrons. The van der Waals surface area contributed by atoms with Gasteiger partial charge >= 0.3 is 0 Å². The highest BCUT2D eigenvalue weighted by Crippen LogP contribution is 2.22. The van der Waals surface area contributed by atoms with E-state index < -0.39 is 0 Å². The number of nitrogens with zero attached hydrogens (tertiary/aromatic N) is 2. The first kappa shape index (κ1) is 14.5. The summed E-state index contributed by atoms with van der Waals surface area (Å²) in [5, 5.41) is 4.75. The molecule has 1 amide bonds. The van der Waals surface area contributed by atoms with Crippen molar-refractivity contribution >= 4 is 34.8 Å². The van der Waals surface area contributed by atoms with E-state index >= 15 is 0 Å². The van der Waals surface area contributed by atoms with E-state index in [1.54, 1.807) is 37.5 Å². The van der Waals surface area contributed by atoms with Crippen LogP contribution in [0.2, 0.25) is 10.0 Å². The van der Waals surface area contributed by atoms with Crippen LogP contribution in [0.25, 0.3) is 0 Å². The van der Waals surface area contributed by atoms with Crippen LogP contribution in [0.1, 0.15) is 22.8 Å². The van der Waals surface area contributed by atoms with Crippen molar-refractivity contribution in [2.45, 2.75) is 6.92 Å². The Bertz CT molecular complexity index is 657. The second-order valence-electron chi connectivity index (χ2n) is 4.01. The number of nitrogens with one attached hydrogen (secondary N) is 1. The van der Waals surface area contributed by atoms with Crippen molar-refractivity contribution in [2.75, 3.05) is 0 Å². The van der Waals surface area contributed by atoms with Gasteiger partial charge in [-0.2, -0.15) is 5.10 Å². The summed E-state index contributed by atoms with van der Waals surface area (Å²) in [7, 11) is 0. The van der Waals surface area contributed by atoms with Gasteiger partial charge in [-0.15, -0.1) is 0 Å². The Balaban J connectivity index is 2.10. The van der Waals surface area contributed by atoms with E-state index in [0.29, 0.717) is 21.3 Å². The Morgan fingerprint density at radius 3 is 2.65 bits per heavy atom. The predicted molar refractivity (Wildman–Crippen MR) is 80.4 cm³/mol. The molecule has 0 unspecified atom stereocenters. The molecule has 2 rings (SSSR count). The van der Waals surface area contributed by atoms with Crippen LogP contribution < -0.4 is 5.43 Å². The average Bonchev–Trinajstić information content (AvgIpc) is 2.48. The number of hydrogen-bond donors (Lipinski definition) is 1. The van der Waals surface area contributed by atoms with E-state index in [-0.39, 0.29) is 5.91 Å². The van der Waals surface area contributed by atoms with Crippen LogP contribution in [-0.2, 0) is 0 Å². The summed E-state index contributed by atoms with van der Waals surface area (Å²) >= 11 is 11.7. The molecule has 0 aliphatic heterocycles. The first-order valence-corrected chi connectivity index (χ1v) is 6.53. The standard InChI is InChI=1S/C14H11Cl2N3O/c1-9(11-3-2-6-17-8-11)18-19-14(20)10-4-5-12(15)13(16)7-10/h2-8H,1H3,(H,19,20)/b18-9+. The lowest BCUT2D eigenvalue weighted by Gasteiger charge is -2.03. The Hall–Kier alpha value is -1.91. The van der Waals surface area contributed by atoms with Crippen LogP contribution in [0.15, 0.2) is 47.8 Å². The molecule has 0 radical (unpaired) electrons. The summed E-state index contributed by atoms with van der Waals surface area (Å²) in [5.41, 5.74) is 4.35. The first-order chi connectivity index (χ1) is 9.58. The first-order valence-electron chi connectivity index (χ1n) is 5.78. The minimum atomic E-state index is -0.355. The van der Waals surface area contributed by atoms with Crippen molar-refractivity contribution in [1.82, 2.24) is 10.4 Å². The molecular weight excluding hydrogens is 297 g/mol. The number of hydrogen-bond acceptors (Lipinski definition) is 3. The summed E-state index contributed by atoms with van der Waals surface area (Å²) in [5.74, 6) is -0.355. The van der Waals surface area contributed by atoms with E-state index in [9.17, 15) is 4.79 Å². The quantitative estimate of drug-likeness (QED) is 0.696. The van der Waals surface area contributed by atoms with Gasteiger partial charge in [-0.25, -0.2) is 5.43 Å². The molecule has 0 atom stereocenters. The lowest BCUT2D eigenvalue weighted by molar-refractivity contribution is 0.0955. The van der Waals surface area contributed by atoms with E-state index in [1.807, 2.05) is 6.07 Å². The molecule has 4 nitrogen and oxygen atoms in total. The number of carbonyl (C=O) groups is 1. The van der Waals surface area contributed by atoms with Gasteiger partial charge in [0.15, 0.2) is 0 Å². The van der Waals surface area contributed by atoms with Gasteiger partial charge in [0.1, 0.15) is 0 Å². The highest BCUT2D eigenvalue weighted by Gasteiger charge is 2.07. The van der Waals surface area contributed by atoms with Gasteiger partial charge in [0.25, 0.3) is 5.91 Å². The molecule has 0 bridgehead atoms. The van der Waals surface area contributed by atoms with Crippen molar-refractivity contribution in [2.24, 2.45) is 5.10 Å². The van der Waals surface area contributed by atoms with Crippen LogP contribution in [0.5, 0.6) is 0 Å².